The third kappa shape index (κ3) is 4.84. The van der Waals surface area contributed by atoms with E-state index in [0.717, 1.165) is 24.3 Å². The van der Waals surface area contributed by atoms with Gasteiger partial charge in [-0.15, -0.1) is 0 Å². The van der Waals surface area contributed by atoms with Crippen molar-refractivity contribution in [1.29, 1.82) is 0 Å². The Kier molecular flexibility index (Phi) is 7.52. The van der Waals surface area contributed by atoms with Crippen LogP contribution in [-0.4, -0.2) is 39.9 Å². The zero-order chi connectivity index (χ0) is 14.1. The van der Waals surface area contributed by atoms with E-state index in [1.54, 1.807) is 14.2 Å². The summed E-state index contributed by atoms with van der Waals surface area (Å²) in [5.74, 6) is 3.20. The lowest BCUT2D eigenvalue weighted by atomic mass is 10.2. The molecule has 1 rings (SSSR count). The fraction of sp³-hybridized carbons (Fsp3) is 0.571. The van der Waals surface area contributed by atoms with Crippen molar-refractivity contribution in [3.05, 3.63) is 17.7 Å². The van der Waals surface area contributed by atoms with Crippen LogP contribution >= 0.6 is 11.8 Å². The molecule has 0 radical (unpaired) electrons. The summed E-state index contributed by atoms with van der Waals surface area (Å²) in [6, 6.07) is 3.95. The Hall–Kier alpha value is -1.07. The lowest BCUT2D eigenvalue weighted by Gasteiger charge is -2.16. The van der Waals surface area contributed by atoms with E-state index in [0.29, 0.717) is 23.9 Å². The van der Waals surface area contributed by atoms with Crippen molar-refractivity contribution in [2.75, 3.05) is 39.9 Å². The molecule has 1 aromatic rings. The van der Waals surface area contributed by atoms with E-state index in [4.69, 9.17) is 14.2 Å². The lowest BCUT2D eigenvalue weighted by molar-refractivity contribution is 0.275. The summed E-state index contributed by atoms with van der Waals surface area (Å²) in [5, 5.41) is 3.11. The number of rotatable bonds is 9. The first-order chi connectivity index (χ1) is 9.26. The maximum absolute atomic E-state index is 5.80. The van der Waals surface area contributed by atoms with Gasteiger partial charge in [-0.05, 0) is 43.2 Å². The molecule has 0 amide bonds. The van der Waals surface area contributed by atoms with Gasteiger partial charge in [-0.3, -0.25) is 0 Å². The van der Waals surface area contributed by atoms with Gasteiger partial charge in [-0.25, -0.2) is 0 Å². The standard InChI is InChI=1S/C14H23NO3S/c1-15-10-11-8-12(16-2)14(13(9-11)17-3)18-6-5-7-19-4/h8-9,15H,5-7,10H2,1-4H3. The van der Waals surface area contributed by atoms with E-state index in [2.05, 4.69) is 11.6 Å². The highest BCUT2D eigenvalue weighted by Gasteiger charge is 2.13. The van der Waals surface area contributed by atoms with E-state index in [1.165, 1.54) is 0 Å². The molecule has 5 heteroatoms. The van der Waals surface area contributed by atoms with Crippen molar-refractivity contribution < 1.29 is 14.2 Å². The first kappa shape index (κ1) is 16.0. The van der Waals surface area contributed by atoms with E-state index in [1.807, 2.05) is 30.9 Å². The Morgan fingerprint density at radius 3 is 2.26 bits per heavy atom. The molecule has 0 bridgehead atoms. The number of hydrogen-bond donors (Lipinski definition) is 1. The van der Waals surface area contributed by atoms with Crippen LogP contribution in [0.5, 0.6) is 17.2 Å². The van der Waals surface area contributed by atoms with Gasteiger partial charge in [-0.1, -0.05) is 0 Å². The average molecular weight is 285 g/mol. The normalized spacial score (nSPS) is 10.3. The third-order valence-corrected chi connectivity index (χ3v) is 3.34. The summed E-state index contributed by atoms with van der Waals surface area (Å²) < 4.78 is 16.6. The van der Waals surface area contributed by atoms with Crippen molar-refractivity contribution in [3.8, 4) is 17.2 Å². The largest absolute Gasteiger partial charge is 0.493 e. The molecule has 0 aliphatic carbocycles. The average Bonchev–Trinajstić information content (AvgIpc) is 2.44. The molecule has 0 aliphatic heterocycles. The summed E-state index contributed by atoms with van der Waals surface area (Å²) in [6.45, 7) is 1.43. The van der Waals surface area contributed by atoms with Crippen molar-refractivity contribution in [2.45, 2.75) is 13.0 Å². The van der Waals surface area contributed by atoms with Crippen LogP contribution in [0.3, 0.4) is 0 Å². The highest BCUT2D eigenvalue weighted by Crippen LogP contribution is 2.38. The van der Waals surface area contributed by atoms with Gasteiger partial charge >= 0.3 is 0 Å². The minimum Gasteiger partial charge on any atom is -0.493 e. The van der Waals surface area contributed by atoms with Crippen LogP contribution in [0, 0.1) is 0 Å². The first-order valence-electron chi connectivity index (χ1n) is 6.28. The number of ether oxygens (including phenoxy) is 3. The molecule has 0 atom stereocenters. The van der Waals surface area contributed by atoms with Crippen LogP contribution in [0.1, 0.15) is 12.0 Å². The van der Waals surface area contributed by atoms with Crippen LogP contribution in [-0.2, 0) is 6.54 Å². The Balaban J connectivity index is 2.86. The molecule has 0 saturated carbocycles. The first-order valence-corrected chi connectivity index (χ1v) is 7.67. The van der Waals surface area contributed by atoms with Gasteiger partial charge in [-0.2, -0.15) is 11.8 Å². The maximum atomic E-state index is 5.80. The van der Waals surface area contributed by atoms with Crippen molar-refractivity contribution >= 4 is 11.8 Å². The van der Waals surface area contributed by atoms with Gasteiger partial charge in [0.25, 0.3) is 0 Å². The summed E-state index contributed by atoms with van der Waals surface area (Å²) in [7, 11) is 5.20. The molecular weight excluding hydrogens is 262 g/mol. The predicted octanol–water partition coefficient (Wildman–Crippen LogP) is 2.56. The Morgan fingerprint density at radius 1 is 1.16 bits per heavy atom. The minimum absolute atomic E-state index is 0.666. The SMILES string of the molecule is CNCc1cc(OC)c(OCCCSC)c(OC)c1. The van der Waals surface area contributed by atoms with E-state index in [-0.39, 0.29) is 0 Å². The molecule has 0 saturated heterocycles. The van der Waals surface area contributed by atoms with E-state index in [9.17, 15) is 0 Å². The molecule has 0 fully saturated rings. The molecule has 0 aromatic heterocycles. The number of hydrogen-bond acceptors (Lipinski definition) is 5. The van der Waals surface area contributed by atoms with Crippen LogP contribution in [0.25, 0.3) is 0 Å². The lowest BCUT2D eigenvalue weighted by Crippen LogP contribution is -2.07. The van der Waals surface area contributed by atoms with Crippen molar-refractivity contribution in [1.82, 2.24) is 5.32 Å². The molecule has 1 aromatic carbocycles. The summed E-state index contributed by atoms with van der Waals surface area (Å²) >= 11 is 1.81. The van der Waals surface area contributed by atoms with Gasteiger partial charge in [0.05, 0.1) is 20.8 Å². The second-order valence-corrected chi connectivity index (χ2v) is 5.04. The topological polar surface area (TPSA) is 39.7 Å². The van der Waals surface area contributed by atoms with Crippen molar-refractivity contribution in [3.63, 3.8) is 0 Å². The van der Waals surface area contributed by atoms with Crippen LogP contribution in [0.15, 0.2) is 12.1 Å². The molecule has 1 N–H and O–H groups in total. The van der Waals surface area contributed by atoms with E-state index >= 15 is 0 Å². The van der Waals surface area contributed by atoms with Gasteiger partial charge < -0.3 is 19.5 Å². The molecule has 108 valence electrons. The molecule has 19 heavy (non-hydrogen) atoms. The summed E-state index contributed by atoms with van der Waals surface area (Å²) in [5.41, 5.74) is 1.10. The smallest absolute Gasteiger partial charge is 0.203 e. The minimum atomic E-state index is 0.666. The Labute approximate surface area is 119 Å². The molecule has 0 aliphatic rings. The van der Waals surface area contributed by atoms with Crippen LogP contribution < -0.4 is 19.5 Å². The second kappa shape index (κ2) is 8.93. The molecule has 0 heterocycles. The number of nitrogens with one attached hydrogen (secondary N) is 1. The Morgan fingerprint density at radius 2 is 1.79 bits per heavy atom. The molecule has 0 unspecified atom stereocenters. The highest BCUT2D eigenvalue weighted by atomic mass is 32.2. The highest BCUT2D eigenvalue weighted by molar-refractivity contribution is 7.98. The number of methoxy groups -OCH3 is 2. The van der Waals surface area contributed by atoms with Gasteiger partial charge in [0.2, 0.25) is 5.75 Å². The predicted molar refractivity (Wildman–Crippen MR) is 80.8 cm³/mol. The third-order valence-electron chi connectivity index (χ3n) is 2.64. The zero-order valence-electron chi connectivity index (χ0n) is 12.1. The number of benzene rings is 1. The zero-order valence-corrected chi connectivity index (χ0v) is 12.9. The van der Waals surface area contributed by atoms with E-state index < -0.39 is 0 Å². The Bertz CT molecular complexity index is 360. The molecular formula is C14H23NO3S. The van der Waals surface area contributed by atoms with Gasteiger partial charge in [0.15, 0.2) is 11.5 Å². The quantitative estimate of drug-likeness (QED) is 0.706. The number of thioether (sulfide) groups is 1. The van der Waals surface area contributed by atoms with Crippen LogP contribution in [0.2, 0.25) is 0 Å². The summed E-state index contributed by atoms with van der Waals surface area (Å²) in [4.78, 5) is 0. The fourth-order valence-corrected chi connectivity index (χ4v) is 2.17. The van der Waals surface area contributed by atoms with Gasteiger partial charge in [0, 0.05) is 6.54 Å². The van der Waals surface area contributed by atoms with Gasteiger partial charge in [0.1, 0.15) is 0 Å². The fourth-order valence-electron chi connectivity index (χ4n) is 1.76. The second-order valence-electron chi connectivity index (χ2n) is 4.05. The van der Waals surface area contributed by atoms with Crippen LogP contribution in [0.4, 0.5) is 0 Å². The van der Waals surface area contributed by atoms with Crippen molar-refractivity contribution in [2.24, 2.45) is 0 Å². The maximum Gasteiger partial charge on any atom is 0.203 e. The molecule has 0 spiro atoms. The molecule has 4 nitrogen and oxygen atoms in total. The summed E-state index contributed by atoms with van der Waals surface area (Å²) in [6.07, 6.45) is 3.10. The monoisotopic (exact) mass is 285 g/mol.